The van der Waals surface area contributed by atoms with Gasteiger partial charge in [0.25, 0.3) is 0 Å². The monoisotopic (exact) mass is 362 g/mol. The number of hydrogen-bond donors (Lipinski definition) is 1. The van der Waals surface area contributed by atoms with Crippen molar-refractivity contribution in [2.45, 2.75) is 52.0 Å². The van der Waals surface area contributed by atoms with E-state index in [1.54, 1.807) is 0 Å². The van der Waals surface area contributed by atoms with Crippen LogP contribution in [0.4, 0.5) is 5.69 Å². The summed E-state index contributed by atoms with van der Waals surface area (Å²) in [6.45, 7) is 3.06. The van der Waals surface area contributed by atoms with Crippen LogP contribution >= 0.6 is 0 Å². The van der Waals surface area contributed by atoms with Gasteiger partial charge in [-0.2, -0.15) is 0 Å². The first-order valence-corrected chi connectivity index (χ1v) is 9.90. The van der Waals surface area contributed by atoms with Gasteiger partial charge in [0.05, 0.1) is 0 Å². The molecule has 1 heterocycles. The molecule has 2 aromatic carbocycles. The van der Waals surface area contributed by atoms with Crippen molar-refractivity contribution in [3.8, 4) is 0 Å². The number of fused-ring (bicyclic) bond motifs is 3. The molecular formula is C23H26N2O2. The normalized spacial score (nSPS) is 16.0. The maximum absolute atomic E-state index is 12.7. The fourth-order valence-corrected chi connectivity index (χ4v) is 4.77. The van der Waals surface area contributed by atoms with Crippen LogP contribution in [0.5, 0.6) is 0 Å². The first-order valence-electron chi connectivity index (χ1n) is 9.90. The van der Waals surface area contributed by atoms with Gasteiger partial charge in [-0.05, 0) is 49.4 Å². The van der Waals surface area contributed by atoms with Crippen molar-refractivity contribution in [3.63, 3.8) is 0 Å². The van der Waals surface area contributed by atoms with Gasteiger partial charge in [0, 0.05) is 46.9 Å². The fourth-order valence-electron chi connectivity index (χ4n) is 4.77. The molecule has 1 fully saturated rings. The Morgan fingerprint density at radius 2 is 1.85 bits per heavy atom. The van der Waals surface area contributed by atoms with Crippen LogP contribution in [-0.4, -0.2) is 16.8 Å². The third-order valence-corrected chi connectivity index (χ3v) is 6.09. The van der Waals surface area contributed by atoms with Crippen molar-refractivity contribution in [2.24, 2.45) is 5.41 Å². The molecule has 4 nitrogen and oxygen atoms in total. The zero-order valence-corrected chi connectivity index (χ0v) is 15.8. The van der Waals surface area contributed by atoms with Crippen LogP contribution < -0.4 is 5.32 Å². The number of rotatable bonds is 6. The summed E-state index contributed by atoms with van der Waals surface area (Å²) in [4.78, 5) is 23.8. The molecule has 0 saturated heterocycles. The molecule has 1 saturated carbocycles. The van der Waals surface area contributed by atoms with E-state index in [1.807, 2.05) is 6.07 Å². The minimum absolute atomic E-state index is 0.0114. The van der Waals surface area contributed by atoms with Crippen molar-refractivity contribution < 1.29 is 9.59 Å². The SMILES string of the molecule is CCn1c2ccccc2c2cc(NC(=O)CC3(CC=O)CCCC3)ccc21. The second kappa shape index (κ2) is 7.18. The molecule has 0 unspecified atom stereocenters. The van der Waals surface area contributed by atoms with Crippen LogP contribution in [0.25, 0.3) is 21.8 Å². The van der Waals surface area contributed by atoms with Crippen molar-refractivity contribution in [2.75, 3.05) is 5.32 Å². The largest absolute Gasteiger partial charge is 0.341 e. The van der Waals surface area contributed by atoms with Crippen molar-refractivity contribution >= 4 is 39.7 Å². The van der Waals surface area contributed by atoms with Gasteiger partial charge >= 0.3 is 0 Å². The minimum Gasteiger partial charge on any atom is -0.341 e. The van der Waals surface area contributed by atoms with Crippen LogP contribution in [0.1, 0.15) is 45.4 Å². The highest BCUT2D eigenvalue weighted by Gasteiger charge is 2.35. The van der Waals surface area contributed by atoms with E-state index >= 15 is 0 Å². The summed E-state index contributed by atoms with van der Waals surface area (Å²) in [5.74, 6) is 0.0114. The molecule has 27 heavy (non-hydrogen) atoms. The minimum atomic E-state index is -0.131. The zero-order chi connectivity index (χ0) is 18.9. The molecule has 0 spiro atoms. The lowest BCUT2D eigenvalue weighted by Crippen LogP contribution is -2.25. The molecule has 4 rings (SSSR count). The van der Waals surface area contributed by atoms with Crippen LogP contribution in [0, 0.1) is 5.41 Å². The standard InChI is InChI=1S/C23H26N2O2/c1-2-25-20-8-4-3-7-18(20)19-15-17(9-10-21(19)25)24-22(27)16-23(13-14-26)11-5-6-12-23/h3-4,7-10,14-15H,2,5-6,11-13,16H2,1H3,(H,24,27). The lowest BCUT2D eigenvalue weighted by atomic mass is 9.80. The summed E-state index contributed by atoms with van der Waals surface area (Å²) < 4.78 is 2.30. The Bertz CT molecular complexity index is 996. The lowest BCUT2D eigenvalue weighted by Gasteiger charge is -2.25. The van der Waals surface area contributed by atoms with Crippen molar-refractivity contribution in [1.29, 1.82) is 0 Å². The molecular weight excluding hydrogens is 336 g/mol. The van der Waals surface area contributed by atoms with Crippen LogP contribution in [0.15, 0.2) is 42.5 Å². The number of nitrogens with one attached hydrogen (secondary N) is 1. The Morgan fingerprint density at radius 1 is 1.11 bits per heavy atom. The average Bonchev–Trinajstić information content (AvgIpc) is 3.24. The van der Waals surface area contributed by atoms with Crippen LogP contribution in [0.2, 0.25) is 0 Å². The number of para-hydroxylation sites is 1. The van der Waals surface area contributed by atoms with E-state index in [-0.39, 0.29) is 11.3 Å². The third-order valence-electron chi connectivity index (χ3n) is 6.09. The van der Waals surface area contributed by atoms with Gasteiger partial charge in [-0.15, -0.1) is 0 Å². The van der Waals surface area contributed by atoms with E-state index in [0.29, 0.717) is 12.8 Å². The second-order valence-corrected chi connectivity index (χ2v) is 7.80. The Morgan fingerprint density at radius 3 is 2.59 bits per heavy atom. The summed E-state index contributed by atoms with van der Waals surface area (Å²) in [5.41, 5.74) is 3.10. The first kappa shape index (κ1) is 17.8. The number of aromatic nitrogens is 1. The zero-order valence-electron chi connectivity index (χ0n) is 15.8. The predicted octanol–water partition coefficient (Wildman–Crippen LogP) is 5.29. The first-order chi connectivity index (χ1) is 13.2. The summed E-state index contributed by atoms with van der Waals surface area (Å²) in [5, 5.41) is 5.44. The third kappa shape index (κ3) is 3.25. The number of aldehydes is 1. The maximum Gasteiger partial charge on any atom is 0.224 e. The summed E-state index contributed by atoms with van der Waals surface area (Å²) in [6, 6.07) is 14.5. The fraction of sp³-hybridized carbons (Fsp3) is 0.391. The smallest absolute Gasteiger partial charge is 0.224 e. The molecule has 0 radical (unpaired) electrons. The lowest BCUT2D eigenvalue weighted by molar-refractivity contribution is -0.119. The van der Waals surface area contributed by atoms with Crippen molar-refractivity contribution in [3.05, 3.63) is 42.5 Å². The van der Waals surface area contributed by atoms with Gasteiger partial charge < -0.3 is 14.7 Å². The van der Waals surface area contributed by atoms with E-state index in [4.69, 9.17) is 0 Å². The molecule has 1 N–H and O–H groups in total. The number of nitrogens with zero attached hydrogens (tertiary/aromatic N) is 1. The number of benzene rings is 2. The number of anilines is 1. The Kier molecular flexibility index (Phi) is 4.73. The van der Waals surface area contributed by atoms with Gasteiger partial charge in [0.15, 0.2) is 0 Å². The van der Waals surface area contributed by atoms with Gasteiger partial charge in [-0.3, -0.25) is 4.79 Å². The molecule has 1 aliphatic rings. The molecule has 0 bridgehead atoms. The predicted molar refractivity (Wildman–Crippen MR) is 110 cm³/mol. The van der Waals surface area contributed by atoms with E-state index in [0.717, 1.165) is 49.6 Å². The second-order valence-electron chi connectivity index (χ2n) is 7.80. The maximum atomic E-state index is 12.7. The highest BCUT2D eigenvalue weighted by atomic mass is 16.1. The molecule has 1 aliphatic carbocycles. The number of hydrogen-bond acceptors (Lipinski definition) is 2. The van der Waals surface area contributed by atoms with Gasteiger partial charge in [-0.25, -0.2) is 0 Å². The highest BCUT2D eigenvalue weighted by Crippen LogP contribution is 2.43. The number of carbonyl (C=O) groups is 2. The van der Waals surface area contributed by atoms with E-state index in [9.17, 15) is 9.59 Å². The topological polar surface area (TPSA) is 51.1 Å². The molecule has 1 amide bonds. The average molecular weight is 362 g/mol. The molecule has 3 aromatic rings. The Labute approximate surface area is 159 Å². The Balaban J connectivity index is 1.62. The summed E-state index contributed by atoms with van der Waals surface area (Å²) in [6.07, 6.45) is 6.08. The molecule has 140 valence electrons. The Hall–Kier alpha value is -2.62. The van der Waals surface area contributed by atoms with E-state index in [1.165, 1.54) is 16.4 Å². The molecule has 4 heteroatoms. The number of aryl methyl sites for hydroxylation is 1. The summed E-state index contributed by atoms with van der Waals surface area (Å²) >= 11 is 0. The van der Waals surface area contributed by atoms with Crippen molar-refractivity contribution in [1.82, 2.24) is 4.57 Å². The quantitative estimate of drug-likeness (QED) is 0.606. The highest BCUT2D eigenvalue weighted by molar-refractivity contribution is 6.09. The summed E-state index contributed by atoms with van der Waals surface area (Å²) in [7, 11) is 0. The van der Waals surface area contributed by atoms with Gasteiger partial charge in [0.1, 0.15) is 6.29 Å². The van der Waals surface area contributed by atoms with Gasteiger partial charge in [-0.1, -0.05) is 31.0 Å². The number of carbonyl (C=O) groups excluding carboxylic acids is 2. The number of amides is 1. The molecule has 0 atom stereocenters. The van der Waals surface area contributed by atoms with E-state index < -0.39 is 0 Å². The van der Waals surface area contributed by atoms with Crippen LogP contribution in [-0.2, 0) is 16.1 Å². The van der Waals surface area contributed by atoms with E-state index in [2.05, 4.69) is 53.2 Å². The van der Waals surface area contributed by atoms with Gasteiger partial charge in [0.2, 0.25) is 5.91 Å². The molecule has 1 aromatic heterocycles. The molecule has 0 aliphatic heterocycles. The van der Waals surface area contributed by atoms with Crippen LogP contribution in [0.3, 0.4) is 0 Å².